The Morgan fingerprint density at radius 3 is 1.63 bits per heavy atom. The number of allylic oxidation sites excluding steroid dienone is 3. The second-order valence-corrected chi connectivity index (χ2v) is 15.0. The van der Waals surface area contributed by atoms with Crippen LogP contribution in [0.15, 0.2) is 206 Å². The molecule has 8 aromatic rings. The lowest BCUT2D eigenvalue weighted by molar-refractivity contribution is 0.282. The first kappa shape index (κ1) is 38.9. The Morgan fingerprint density at radius 1 is 0.492 bits per heavy atom. The topological polar surface area (TPSA) is 23.5 Å². The molecule has 0 saturated heterocycles. The van der Waals surface area contributed by atoms with Gasteiger partial charge in [-0.05, 0) is 111 Å². The molecule has 288 valence electrons. The Hall–Kier alpha value is -7.00. The molecule has 0 aliphatic heterocycles. The second kappa shape index (κ2) is 18.1. The first-order chi connectivity index (χ1) is 29.0. The summed E-state index contributed by atoms with van der Waals surface area (Å²) in [4.78, 5) is 2.37. The predicted molar refractivity (Wildman–Crippen MR) is 252 cm³/mol. The lowest BCUT2D eigenvalue weighted by Crippen LogP contribution is -2.12. The minimum atomic E-state index is -0.000265. The zero-order valence-electron chi connectivity index (χ0n) is 34.0. The number of aliphatic hydroxyl groups excluding tert-OH is 1. The van der Waals surface area contributed by atoms with E-state index in [-0.39, 0.29) is 6.61 Å². The molecule has 2 heteroatoms. The van der Waals surface area contributed by atoms with E-state index in [2.05, 4.69) is 232 Å². The molecule has 0 aliphatic rings. The van der Waals surface area contributed by atoms with Crippen LogP contribution < -0.4 is 4.90 Å². The molecule has 0 unspecified atom stereocenters. The van der Waals surface area contributed by atoms with Gasteiger partial charge in [-0.1, -0.05) is 201 Å². The first-order valence-corrected chi connectivity index (χ1v) is 20.5. The van der Waals surface area contributed by atoms with Crippen LogP contribution in [0.2, 0.25) is 0 Å². The Balaban J connectivity index is 1.27. The lowest BCUT2D eigenvalue weighted by atomic mass is 9.93. The minimum absolute atomic E-state index is 0.000265. The first-order valence-electron chi connectivity index (χ1n) is 20.5. The van der Waals surface area contributed by atoms with Crippen LogP contribution in [0.3, 0.4) is 0 Å². The maximum Gasteiger partial charge on any atom is 0.0681 e. The quantitative estimate of drug-likeness (QED) is 0.0989. The third-order valence-electron chi connectivity index (χ3n) is 11.1. The summed E-state index contributed by atoms with van der Waals surface area (Å²) in [5, 5.41) is 12.4. The number of anilines is 3. The van der Waals surface area contributed by atoms with Crippen LogP contribution in [-0.2, 0) is 6.61 Å². The molecule has 59 heavy (non-hydrogen) atoms. The number of aliphatic hydroxyl groups is 1. The molecule has 2 nitrogen and oxygen atoms in total. The van der Waals surface area contributed by atoms with Gasteiger partial charge in [0.15, 0.2) is 0 Å². The highest BCUT2D eigenvalue weighted by molar-refractivity contribution is 6.04. The van der Waals surface area contributed by atoms with E-state index in [0.29, 0.717) is 0 Å². The fourth-order valence-electron chi connectivity index (χ4n) is 8.05. The molecule has 8 rings (SSSR count). The van der Waals surface area contributed by atoms with Crippen LogP contribution in [-0.4, -0.2) is 5.11 Å². The normalized spacial score (nSPS) is 11.7. The molecule has 0 fully saturated rings. The summed E-state index contributed by atoms with van der Waals surface area (Å²) in [6, 6.07) is 69.1. The summed E-state index contributed by atoms with van der Waals surface area (Å²) in [6.45, 7) is 6.50. The van der Waals surface area contributed by atoms with E-state index in [1.165, 1.54) is 55.3 Å². The maximum absolute atomic E-state index is 10.0. The van der Waals surface area contributed by atoms with Crippen molar-refractivity contribution in [2.45, 2.75) is 33.8 Å². The molecule has 0 atom stereocenters. The van der Waals surface area contributed by atoms with E-state index in [9.17, 15) is 5.11 Å². The number of rotatable bonds is 12. The van der Waals surface area contributed by atoms with E-state index in [1.54, 1.807) is 0 Å². The summed E-state index contributed by atoms with van der Waals surface area (Å²) in [7, 11) is 0. The zero-order chi connectivity index (χ0) is 40.6. The second-order valence-electron chi connectivity index (χ2n) is 15.0. The van der Waals surface area contributed by atoms with Crippen LogP contribution in [0.4, 0.5) is 17.1 Å². The van der Waals surface area contributed by atoms with Gasteiger partial charge in [-0.2, -0.15) is 0 Å². The fraction of sp³-hybridized carbons (Fsp3) is 0.0877. The largest absolute Gasteiger partial charge is 0.392 e. The van der Waals surface area contributed by atoms with Crippen molar-refractivity contribution in [2.24, 2.45) is 0 Å². The van der Waals surface area contributed by atoms with Crippen LogP contribution in [0.25, 0.3) is 33.6 Å². The van der Waals surface area contributed by atoms with E-state index < -0.39 is 0 Å². The molecule has 0 amide bonds. The molecule has 0 bridgehead atoms. The van der Waals surface area contributed by atoms with Gasteiger partial charge in [-0.3, -0.25) is 0 Å². The number of nitrogens with zero attached hydrogens (tertiary/aromatic N) is 1. The maximum atomic E-state index is 10.0. The average Bonchev–Trinajstić information content (AvgIpc) is 3.29. The molecule has 0 radical (unpaired) electrons. The van der Waals surface area contributed by atoms with Crippen molar-refractivity contribution < 1.29 is 5.11 Å². The minimum Gasteiger partial charge on any atom is -0.392 e. The van der Waals surface area contributed by atoms with Crippen LogP contribution >= 0.6 is 0 Å². The van der Waals surface area contributed by atoms with Gasteiger partial charge in [0.25, 0.3) is 0 Å². The van der Waals surface area contributed by atoms with Crippen LogP contribution in [0, 0.1) is 13.8 Å². The van der Waals surface area contributed by atoms with Gasteiger partial charge in [0.05, 0.1) is 12.3 Å². The number of hydrogen-bond donors (Lipinski definition) is 1. The third-order valence-corrected chi connectivity index (χ3v) is 11.1. The van der Waals surface area contributed by atoms with E-state index >= 15 is 0 Å². The van der Waals surface area contributed by atoms with Gasteiger partial charge < -0.3 is 10.0 Å². The van der Waals surface area contributed by atoms with E-state index in [4.69, 9.17) is 0 Å². The van der Waals surface area contributed by atoms with Crippen LogP contribution in [0.1, 0.15) is 63.4 Å². The number of hydrogen-bond acceptors (Lipinski definition) is 2. The van der Waals surface area contributed by atoms with Gasteiger partial charge in [0, 0.05) is 16.8 Å². The van der Waals surface area contributed by atoms with Gasteiger partial charge in [0.1, 0.15) is 0 Å². The van der Waals surface area contributed by atoms with Gasteiger partial charge >= 0.3 is 0 Å². The lowest BCUT2D eigenvalue weighted by Gasteiger charge is -2.29. The van der Waals surface area contributed by atoms with Gasteiger partial charge in [-0.15, -0.1) is 0 Å². The van der Waals surface area contributed by atoms with Gasteiger partial charge in [0.2, 0.25) is 0 Å². The molecule has 0 saturated carbocycles. The molecule has 0 spiro atoms. The summed E-state index contributed by atoms with van der Waals surface area (Å²) in [5.74, 6) is 0. The molecule has 0 aromatic heterocycles. The van der Waals surface area contributed by atoms with Crippen molar-refractivity contribution in [1.29, 1.82) is 0 Å². The highest BCUT2D eigenvalue weighted by Gasteiger charge is 2.19. The third kappa shape index (κ3) is 8.65. The molecular formula is C57H49NO. The smallest absolute Gasteiger partial charge is 0.0681 e. The monoisotopic (exact) mass is 763 g/mol. The summed E-state index contributed by atoms with van der Waals surface area (Å²) < 4.78 is 0. The number of fused-ring (bicyclic) bond motifs is 1. The standard InChI is InChI=1S/C57H49NO/c1-4-44(45-18-8-5-9-19-45)39-50-30-36-57(55-26-15-14-25-54(50)55)58(56-35-27-43(40-59)38-42(56)3)51-31-28-48(29-32-51)53(49-24-16-17-41(2)37-49)34-33-52(46-20-10-6-11-21-46)47-22-12-7-13-23-47/h5-39,59H,4,40H2,1-3H3/b44-39-,53-34-. The van der Waals surface area contributed by atoms with Gasteiger partial charge in [-0.25, -0.2) is 0 Å². The van der Waals surface area contributed by atoms with E-state index in [0.717, 1.165) is 45.7 Å². The molecule has 1 N–H and O–H groups in total. The Labute approximate surface area is 349 Å². The molecular weight excluding hydrogens is 715 g/mol. The van der Waals surface area contributed by atoms with Crippen LogP contribution in [0.5, 0.6) is 0 Å². The Kier molecular flexibility index (Phi) is 11.9. The number of aryl methyl sites for hydroxylation is 2. The summed E-state index contributed by atoms with van der Waals surface area (Å²) in [5.41, 5.74) is 17.1. The van der Waals surface area contributed by atoms with Crippen molar-refractivity contribution >= 4 is 50.6 Å². The fourth-order valence-corrected chi connectivity index (χ4v) is 8.05. The molecule has 0 aliphatic carbocycles. The van der Waals surface area contributed by atoms with Crippen molar-refractivity contribution in [3.63, 3.8) is 0 Å². The Bertz CT molecular complexity index is 2740. The molecule has 8 aromatic carbocycles. The summed E-state index contributed by atoms with van der Waals surface area (Å²) in [6.07, 6.45) is 7.81. The summed E-state index contributed by atoms with van der Waals surface area (Å²) >= 11 is 0. The molecule has 0 heterocycles. The van der Waals surface area contributed by atoms with Crippen molar-refractivity contribution in [3.8, 4) is 0 Å². The van der Waals surface area contributed by atoms with E-state index in [1.807, 2.05) is 6.07 Å². The van der Waals surface area contributed by atoms with Crippen molar-refractivity contribution in [3.05, 3.63) is 256 Å². The van der Waals surface area contributed by atoms with Crippen molar-refractivity contribution in [2.75, 3.05) is 4.90 Å². The predicted octanol–water partition coefficient (Wildman–Crippen LogP) is 14.9. The highest BCUT2D eigenvalue weighted by atomic mass is 16.3. The SMILES string of the molecule is CC/C(=C/c1ccc(N(c2ccc(/C(=C/C=C(c3ccccc3)c3ccccc3)c3cccc(C)c3)cc2)c2ccc(CO)cc2C)c2ccccc12)c1ccccc1. The number of benzene rings is 8. The Morgan fingerprint density at radius 2 is 1.03 bits per heavy atom. The highest BCUT2D eigenvalue weighted by Crippen LogP contribution is 2.42. The zero-order valence-corrected chi connectivity index (χ0v) is 34.0. The van der Waals surface area contributed by atoms with Crippen molar-refractivity contribution in [1.82, 2.24) is 0 Å². The average molecular weight is 764 g/mol.